The standard InChI is InChI=1S/C20H19ClN2O.ClH/c21-19-10-3-1-8-17(19)15-24-20-11-4-2-7-16(20)13-22-14-18-9-5-6-12-23-18;/h1-12,22H,13-15H2;1H. The number of hydrogen-bond donors (Lipinski definition) is 1. The van der Waals surface area contributed by atoms with Gasteiger partial charge in [-0.2, -0.15) is 0 Å². The minimum absolute atomic E-state index is 0. The maximum atomic E-state index is 6.18. The molecular formula is C20H20Cl2N2O. The van der Waals surface area contributed by atoms with Gasteiger partial charge < -0.3 is 10.1 Å². The summed E-state index contributed by atoms with van der Waals surface area (Å²) in [6.45, 7) is 1.89. The number of para-hydroxylation sites is 1. The van der Waals surface area contributed by atoms with Crippen LogP contribution in [0.4, 0.5) is 0 Å². The molecule has 1 aromatic heterocycles. The van der Waals surface area contributed by atoms with Crippen molar-refractivity contribution in [2.24, 2.45) is 0 Å². The fourth-order valence-corrected chi connectivity index (χ4v) is 2.58. The minimum atomic E-state index is 0. The molecule has 0 aliphatic rings. The fraction of sp³-hybridized carbons (Fsp3) is 0.150. The largest absolute Gasteiger partial charge is 0.489 e. The van der Waals surface area contributed by atoms with Gasteiger partial charge in [-0.3, -0.25) is 4.98 Å². The predicted octanol–water partition coefficient (Wildman–Crippen LogP) is 5.03. The Morgan fingerprint density at radius 3 is 2.32 bits per heavy atom. The highest BCUT2D eigenvalue weighted by atomic mass is 35.5. The van der Waals surface area contributed by atoms with Gasteiger partial charge in [0, 0.05) is 35.4 Å². The van der Waals surface area contributed by atoms with Crippen LogP contribution in [-0.4, -0.2) is 4.98 Å². The van der Waals surface area contributed by atoms with Crippen molar-refractivity contribution in [3.05, 3.63) is 94.8 Å². The molecule has 3 rings (SSSR count). The van der Waals surface area contributed by atoms with E-state index in [1.54, 1.807) is 6.20 Å². The van der Waals surface area contributed by atoms with Gasteiger partial charge in [0.05, 0.1) is 5.69 Å². The Kier molecular flexibility index (Phi) is 7.74. The maximum absolute atomic E-state index is 6.18. The molecule has 0 atom stereocenters. The van der Waals surface area contributed by atoms with E-state index >= 15 is 0 Å². The monoisotopic (exact) mass is 374 g/mol. The Labute approximate surface area is 159 Å². The van der Waals surface area contributed by atoms with Crippen molar-refractivity contribution in [2.75, 3.05) is 0 Å². The van der Waals surface area contributed by atoms with E-state index in [4.69, 9.17) is 16.3 Å². The van der Waals surface area contributed by atoms with Crippen LogP contribution in [0.15, 0.2) is 72.9 Å². The summed E-state index contributed by atoms with van der Waals surface area (Å²) in [7, 11) is 0. The molecule has 0 radical (unpaired) electrons. The molecule has 25 heavy (non-hydrogen) atoms. The van der Waals surface area contributed by atoms with Gasteiger partial charge in [-0.05, 0) is 24.3 Å². The minimum Gasteiger partial charge on any atom is -0.489 e. The quantitative estimate of drug-likeness (QED) is 0.629. The van der Waals surface area contributed by atoms with Crippen molar-refractivity contribution in [3.8, 4) is 5.75 Å². The van der Waals surface area contributed by atoms with Crippen molar-refractivity contribution < 1.29 is 4.74 Å². The van der Waals surface area contributed by atoms with E-state index in [0.29, 0.717) is 6.61 Å². The Balaban J connectivity index is 0.00000225. The molecule has 0 saturated heterocycles. The third kappa shape index (κ3) is 5.75. The summed E-state index contributed by atoms with van der Waals surface area (Å²) in [6, 6.07) is 21.7. The first-order valence-electron chi connectivity index (χ1n) is 7.87. The second-order valence-corrected chi connectivity index (χ2v) is 5.82. The third-order valence-electron chi connectivity index (χ3n) is 3.66. The summed E-state index contributed by atoms with van der Waals surface area (Å²) in [6.07, 6.45) is 1.80. The van der Waals surface area contributed by atoms with Gasteiger partial charge in [0.25, 0.3) is 0 Å². The Bertz CT molecular complexity index is 781. The van der Waals surface area contributed by atoms with Crippen LogP contribution in [0.1, 0.15) is 16.8 Å². The summed E-state index contributed by atoms with van der Waals surface area (Å²) in [5.41, 5.74) is 3.11. The smallest absolute Gasteiger partial charge is 0.124 e. The molecule has 0 amide bonds. The number of halogens is 2. The Hall–Kier alpha value is -2.07. The van der Waals surface area contributed by atoms with E-state index in [-0.39, 0.29) is 12.4 Å². The topological polar surface area (TPSA) is 34.1 Å². The first-order chi connectivity index (χ1) is 11.8. The zero-order valence-electron chi connectivity index (χ0n) is 13.7. The average molecular weight is 375 g/mol. The van der Waals surface area contributed by atoms with Crippen molar-refractivity contribution in [2.45, 2.75) is 19.7 Å². The molecule has 0 fully saturated rings. The molecule has 0 spiro atoms. The number of pyridine rings is 1. The third-order valence-corrected chi connectivity index (χ3v) is 4.03. The van der Waals surface area contributed by atoms with Gasteiger partial charge in [-0.25, -0.2) is 0 Å². The number of hydrogen-bond acceptors (Lipinski definition) is 3. The van der Waals surface area contributed by atoms with Crippen LogP contribution < -0.4 is 10.1 Å². The molecule has 0 unspecified atom stereocenters. The summed E-state index contributed by atoms with van der Waals surface area (Å²) in [4.78, 5) is 4.31. The second-order valence-electron chi connectivity index (χ2n) is 5.41. The number of ether oxygens (including phenoxy) is 1. The van der Waals surface area contributed by atoms with E-state index in [9.17, 15) is 0 Å². The number of nitrogens with one attached hydrogen (secondary N) is 1. The highest BCUT2D eigenvalue weighted by Gasteiger charge is 2.05. The molecule has 1 N–H and O–H groups in total. The molecule has 3 nitrogen and oxygen atoms in total. The van der Waals surface area contributed by atoms with Crippen LogP contribution in [-0.2, 0) is 19.7 Å². The lowest BCUT2D eigenvalue weighted by Gasteiger charge is -2.13. The average Bonchev–Trinajstić information content (AvgIpc) is 2.63. The summed E-state index contributed by atoms with van der Waals surface area (Å²) in [5, 5.41) is 4.12. The number of nitrogens with zero attached hydrogens (tertiary/aromatic N) is 1. The maximum Gasteiger partial charge on any atom is 0.124 e. The van der Waals surface area contributed by atoms with E-state index in [1.807, 2.05) is 60.7 Å². The molecule has 3 aromatic rings. The zero-order chi connectivity index (χ0) is 16.6. The number of aromatic nitrogens is 1. The zero-order valence-corrected chi connectivity index (χ0v) is 15.3. The highest BCUT2D eigenvalue weighted by molar-refractivity contribution is 6.31. The summed E-state index contributed by atoms with van der Waals surface area (Å²) in [5.74, 6) is 0.867. The van der Waals surface area contributed by atoms with Crippen molar-refractivity contribution in [1.29, 1.82) is 0 Å². The number of rotatable bonds is 7. The molecule has 2 aromatic carbocycles. The molecule has 0 aliphatic heterocycles. The van der Waals surface area contributed by atoms with Crippen molar-refractivity contribution in [1.82, 2.24) is 10.3 Å². The lowest BCUT2D eigenvalue weighted by Crippen LogP contribution is -2.14. The van der Waals surface area contributed by atoms with Gasteiger partial charge in [0.1, 0.15) is 12.4 Å². The molecule has 130 valence electrons. The van der Waals surface area contributed by atoms with Gasteiger partial charge in [0.2, 0.25) is 0 Å². The van der Waals surface area contributed by atoms with Gasteiger partial charge in [-0.15, -0.1) is 12.4 Å². The van der Waals surface area contributed by atoms with Crippen LogP contribution in [0.5, 0.6) is 5.75 Å². The normalized spacial score (nSPS) is 10.1. The SMILES string of the molecule is Cl.Clc1ccccc1COc1ccccc1CNCc1ccccn1. The summed E-state index contributed by atoms with van der Waals surface area (Å²) < 4.78 is 5.97. The Morgan fingerprint density at radius 2 is 1.56 bits per heavy atom. The lowest BCUT2D eigenvalue weighted by molar-refractivity contribution is 0.302. The van der Waals surface area contributed by atoms with Crippen LogP contribution in [0.25, 0.3) is 0 Å². The van der Waals surface area contributed by atoms with Gasteiger partial charge in [-0.1, -0.05) is 54.1 Å². The second kappa shape index (κ2) is 10.0. The van der Waals surface area contributed by atoms with E-state index in [1.165, 1.54) is 0 Å². The van der Waals surface area contributed by atoms with Gasteiger partial charge >= 0.3 is 0 Å². The van der Waals surface area contributed by atoms with Crippen LogP contribution >= 0.6 is 24.0 Å². The van der Waals surface area contributed by atoms with E-state index in [0.717, 1.165) is 40.7 Å². The molecule has 1 heterocycles. The van der Waals surface area contributed by atoms with Crippen LogP contribution in [0.3, 0.4) is 0 Å². The van der Waals surface area contributed by atoms with Crippen LogP contribution in [0.2, 0.25) is 5.02 Å². The summed E-state index contributed by atoms with van der Waals surface area (Å²) >= 11 is 6.18. The first-order valence-corrected chi connectivity index (χ1v) is 8.25. The van der Waals surface area contributed by atoms with E-state index < -0.39 is 0 Å². The first kappa shape index (κ1) is 19.3. The highest BCUT2D eigenvalue weighted by Crippen LogP contribution is 2.22. The van der Waals surface area contributed by atoms with E-state index in [2.05, 4.69) is 16.4 Å². The Morgan fingerprint density at radius 1 is 0.840 bits per heavy atom. The lowest BCUT2D eigenvalue weighted by atomic mass is 10.2. The molecule has 5 heteroatoms. The molecule has 0 aliphatic carbocycles. The predicted molar refractivity (Wildman–Crippen MR) is 104 cm³/mol. The van der Waals surface area contributed by atoms with Crippen LogP contribution in [0, 0.1) is 0 Å². The molecule has 0 bridgehead atoms. The number of benzene rings is 2. The molecular weight excluding hydrogens is 355 g/mol. The van der Waals surface area contributed by atoms with Crippen molar-refractivity contribution in [3.63, 3.8) is 0 Å². The fourth-order valence-electron chi connectivity index (χ4n) is 2.39. The molecule has 0 saturated carbocycles. The van der Waals surface area contributed by atoms with Gasteiger partial charge in [0.15, 0.2) is 0 Å². The van der Waals surface area contributed by atoms with Crippen molar-refractivity contribution >= 4 is 24.0 Å².